The fourth-order valence-corrected chi connectivity index (χ4v) is 5.79. The standard InChI is InChI=1S/C18H23F2N3O3S2/c1-2-3-9-22(13-8-10-28(25,26)12-13)16(24)11-23-15-7-5-4-6-14(15)21-18(23)27-17(19)20/h4-7,13,17H,2-3,8-12H2,1H3. The molecule has 6 nitrogen and oxygen atoms in total. The van der Waals surface area contributed by atoms with Crippen molar-refractivity contribution in [2.75, 3.05) is 18.1 Å². The molecule has 10 heteroatoms. The van der Waals surface area contributed by atoms with Crippen molar-refractivity contribution in [3.05, 3.63) is 24.3 Å². The Bertz CT molecular complexity index is 947. The minimum atomic E-state index is -3.14. The van der Waals surface area contributed by atoms with E-state index in [2.05, 4.69) is 4.98 Å². The first-order valence-corrected chi connectivity index (χ1v) is 11.9. The second-order valence-corrected chi connectivity index (χ2v) is 10.0. The van der Waals surface area contributed by atoms with E-state index in [1.165, 1.54) is 4.57 Å². The number of sulfone groups is 1. The fourth-order valence-electron chi connectivity index (χ4n) is 3.46. The molecule has 1 aliphatic rings. The number of rotatable bonds is 8. The summed E-state index contributed by atoms with van der Waals surface area (Å²) in [6.07, 6.45) is 2.04. The Hall–Kier alpha value is -1.68. The molecule has 1 amide bonds. The molecule has 0 N–H and O–H groups in total. The zero-order valence-corrected chi connectivity index (χ0v) is 17.2. The second kappa shape index (κ2) is 8.77. The van der Waals surface area contributed by atoms with E-state index in [1.807, 2.05) is 6.92 Å². The first-order valence-electron chi connectivity index (χ1n) is 9.20. The number of nitrogens with zero attached hydrogens (tertiary/aromatic N) is 3. The van der Waals surface area contributed by atoms with Crippen LogP contribution in [0.15, 0.2) is 29.4 Å². The van der Waals surface area contributed by atoms with Crippen molar-refractivity contribution in [2.24, 2.45) is 0 Å². The van der Waals surface area contributed by atoms with Crippen molar-refractivity contribution in [1.82, 2.24) is 14.5 Å². The number of unbranched alkanes of at least 4 members (excludes halogenated alkanes) is 1. The van der Waals surface area contributed by atoms with Crippen LogP contribution in [0.25, 0.3) is 11.0 Å². The summed E-state index contributed by atoms with van der Waals surface area (Å²) in [5.74, 6) is -2.88. The highest BCUT2D eigenvalue weighted by Gasteiger charge is 2.34. The van der Waals surface area contributed by atoms with E-state index in [4.69, 9.17) is 0 Å². The van der Waals surface area contributed by atoms with E-state index in [-0.39, 0.29) is 35.2 Å². The highest BCUT2D eigenvalue weighted by molar-refractivity contribution is 7.99. The molecule has 0 bridgehead atoms. The van der Waals surface area contributed by atoms with Crippen LogP contribution in [-0.2, 0) is 21.2 Å². The first kappa shape index (κ1) is 21.0. The van der Waals surface area contributed by atoms with Gasteiger partial charge in [0.15, 0.2) is 15.0 Å². The maximum Gasteiger partial charge on any atom is 0.291 e. The fraction of sp³-hybridized carbons (Fsp3) is 0.556. The minimum Gasteiger partial charge on any atom is -0.337 e. The molecule has 1 saturated heterocycles. The van der Waals surface area contributed by atoms with Crippen molar-refractivity contribution in [2.45, 2.75) is 49.7 Å². The summed E-state index contributed by atoms with van der Waals surface area (Å²) in [5.41, 5.74) is 1.15. The van der Waals surface area contributed by atoms with Gasteiger partial charge in [0.1, 0.15) is 6.54 Å². The third kappa shape index (κ3) is 4.83. The molecule has 1 aliphatic heterocycles. The second-order valence-electron chi connectivity index (χ2n) is 6.85. The molecular formula is C18H23F2N3O3S2. The molecule has 154 valence electrons. The minimum absolute atomic E-state index is 0.0359. The summed E-state index contributed by atoms with van der Waals surface area (Å²) in [6.45, 7) is 2.31. The molecule has 0 aliphatic carbocycles. The van der Waals surface area contributed by atoms with Crippen LogP contribution in [-0.4, -0.2) is 58.6 Å². The Morgan fingerprint density at radius 3 is 2.79 bits per heavy atom. The summed E-state index contributed by atoms with van der Waals surface area (Å²) < 4.78 is 51.2. The Kier molecular flexibility index (Phi) is 6.59. The number of amides is 1. The average Bonchev–Trinajstić information content (AvgIpc) is 3.15. The smallest absolute Gasteiger partial charge is 0.291 e. The number of benzene rings is 1. The molecule has 3 rings (SSSR count). The van der Waals surface area contributed by atoms with Gasteiger partial charge in [-0.1, -0.05) is 25.5 Å². The number of hydrogen-bond donors (Lipinski definition) is 0. The van der Waals surface area contributed by atoms with Crippen molar-refractivity contribution in [1.29, 1.82) is 0 Å². The number of thioether (sulfide) groups is 1. The lowest BCUT2D eigenvalue weighted by atomic mass is 10.2. The molecular weight excluding hydrogens is 408 g/mol. The molecule has 1 aromatic heterocycles. The van der Waals surface area contributed by atoms with Gasteiger partial charge in [-0.05, 0) is 36.7 Å². The van der Waals surface area contributed by atoms with Gasteiger partial charge in [0.05, 0.1) is 22.5 Å². The molecule has 0 spiro atoms. The largest absolute Gasteiger partial charge is 0.337 e. The van der Waals surface area contributed by atoms with Crippen LogP contribution in [0.5, 0.6) is 0 Å². The summed E-state index contributed by atoms with van der Waals surface area (Å²) in [4.78, 5) is 18.9. The molecule has 0 radical (unpaired) electrons. The quantitative estimate of drug-likeness (QED) is 0.601. The van der Waals surface area contributed by atoms with Crippen LogP contribution in [0, 0.1) is 0 Å². The predicted molar refractivity (Wildman–Crippen MR) is 105 cm³/mol. The topological polar surface area (TPSA) is 72.3 Å². The van der Waals surface area contributed by atoms with Gasteiger partial charge in [-0.2, -0.15) is 8.78 Å². The first-order chi connectivity index (χ1) is 13.3. The maximum atomic E-state index is 13.1. The van der Waals surface area contributed by atoms with Crippen LogP contribution in [0.3, 0.4) is 0 Å². The lowest BCUT2D eigenvalue weighted by molar-refractivity contribution is -0.133. The molecule has 28 heavy (non-hydrogen) atoms. The Morgan fingerprint density at radius 2 is 2.14 bits per heavy atom. The van der Waals surface area contributed by atoms with E-state index in [1.54, 1.807) is 29.2 Å². The molecule has 2 aromatic rings. The van der Waals surface area contributed by atoms with Gasteiger partial charge in [0.2, 0.25) is 5.91 Å². The van der Waals surface area contributed by atoms with Crippen LogP contribution in [0.2, 0.25) is 0 Å². The van der Waals surface area contributed by atoms with Gasteiger partial charge in [0.25, 0.3) is 5.76 Å². The van der Waals surface area contributed by atoms with Crippen molar-refractivity contribution in [3.8, 4) is 0 Å². The Balaban J connectivity index is 1.88. The van der Waals surface area contributed by atoms with Crippen LogP contribution < -0.4 is 0 Å². The lowest BCUT2D eigenvalue weighted by Gasteiger charge is -2.28. The van der Waals surface area contributed by atoms with Crippen LogP contribution in [0.1, 0.15) is 26.2 Å². The number of carbonyl (C=O) groups is 1. The van der Waals surface area contributed by atoms with E-state index >= 15 is 0 Å². The molecule has 1 unspecified atom stereocenters. The van der Waals surface area contributed by atoms with Gasteiger partial charge in [0, 0.05) is 12.6 Å². The number of imidazole rings is 1. The van der Waals surface area contributed by atoms with E-state index < -0.39 is 15.6 Å². The SMILES string of the molecule is CCCCN(C(=O)Cn1c(SC(F)F)nc2ccccc21)C1CCS(=O)(=O)C1. The molecule has 1 aromatic carbocycles. The van der Waals surface area contributed by atoms with E-state index in [9.17, 15) is 22.0 Å². The predicted octanol–water partition coefficient (Wildman–Crippen LogP) is 3.17. The summed E-state index contributed by atoms with van der Waals surface area (Å²) in [5, 5.41) is 0.0824. The normalized spacial score (nSPS) is 18.8. The van der Waals surface area contributed by atoms with Crippen molar-refractivity contribution < 1.29 is 22.0 Å². The number of para-hydroxylation sites is 2. The van der Waals surface area contributed by atoms with Gasteiger partial charge in [-0.3, -0.25) is 4.79 Å². The Labute approximate surface area is 167 Å². The maximum absolute atomic E-state index is 13.1. The van der Waals surface area contributed by atoms with Gasteiger partial charge in [-0.15, -0.1) is 0 Å². The van der Waals surface area contributed by atoms with E-state index in [0.717, 1.165) is 12.8 Å². The third-order valence-electron chi connectivity index (χ3n) is 4.83. The van der Waals surface area contributed by atoms with Crippen molar-refractivity contribution in [3.63, 3.8) is 0 Å². The number of halogens is 2. The molecule has 1 fully saturated rings. The molecule has 1 atom stereocenters. The third-order valence-corrected chi connectivity index (χ3v) is 7.28. The zero-order valence-electron chi connectivity index (χ0n) is 15.6. The van der Waals surface area contributed by atoms with Crippen LogP contribution in [0.4, 0.5) is 8.78 Å². The highest BCUT2D eigenvalue weighted by atomic mass is 32.2. The number of alkyl halides is 2. The van der Waals surface area contributed by atoms with Crippen molar-refractivity contribution >= 4 is 38.5 Å². The highest BCUT2D eigenvalue weighted by Crippen LogP contribution is 2.29. The lowest BCUT2D eigenvalue weighted by Crippen LogP contribution is -2.43. The number of aromatic nitrogens is 2. The summed E-state index contributed by atoms with van der Waals surface area (Å²) in [7, 11) is -3.14. The van der Waals surface area contributed by atoms with E-state index in [0.29, 0.717) is 35.8 Å². The Morgan fingerprint density at radius 1 is 1.39 bits per heavy atom. The molecule has 2 heterocycles. The number of fused-ring (bicyclic) bond motifs is 1. The summed E-state index contributed by atoms with van der Waals surface area (Å²) in [6, 6.07) is 6.62. The number of carbonyl (C=O) groups excluding carboxylic acids is 1. The zero-order chi connectivity index (χ0) is 20.3. The van der Waals surface area contributed by atoms with Gasteiger partial charge < -0.3 is 9.47 Å². The van der Waals surface area contributed by atoms with Gasteiger partial charge >= 0.3 is 0 Å². The average molecular weight is 432 g/mol. The molecule has 0 saturated carbocycles. The number of hydrogen-bond acceptors (Lipinski definition) is 5. The van der Waals surface area contributed by atoms with Gasteiger partial charge in [-0.25, -0.2) is 13.4 Å². The monoisotopic (exact) mass is 431 g/mol. The van der Waals surface area contributed by atoms with Crippen LogP contribution >= 0.6 is 11.8 Å². The summed E-state index contributed by atoms with van der Waals surface area (Å²) >= 11 is 0.306.